The van der Waals surface area contributed by atoms with Crippen molar-refractivity contribution in [1.29, 1.82) is 0 Å². The predicted molar refractivity (Wildman–Crippen MR) is 112 cm³/mol. The summed E-state index contributed by atoms with van der Waals surface area (Å²) in [5.41, 5.74) is 0.938. The Morgan fingerprint density at radius 1 is 0.929 bits per heavy atom. The molecule has 4 heteroatoms. The van der Waals surface area contributed by atoms with Gasteiger partial charge in [-0.1, -0.05) is 53.6 Å². The highest BCUT2D eigenvalue weighted by Gasteiger charge is 2.51. The highest BCUT2D eigenvalue weighted by Crippen LogP contribution is 2.44. The predicted octanol–water partition coefficient (Wildman–Crippen LogP) is 5.64. The molecule has 0 fully saturated rings. The SMILES string of the molecule is CC(C)=CCC1(CC=C(C)C)C(=O)C(C)=C(O)/C(=C(\O)c2ccccc2)C1=O. The number of aliphatic hydroxyl groups excluding tert-OH is 2. The first-order valence-corrected chi connectivity index (χ1v) is 9.37. The molecule has 1 aliphatic carbocycles. The molecule has 0 heterocycles. The van der Waals surface area contributed by atoms with Crippen LogP contribution in [-0.2, 0) is 9.59 Å². The van der Waals surface area contributed by atoms with Crippen LogP contribution >= 0.6 is 0 Å². The van der Waals surface area contributed by atoms with E-state index >= 15 is 0 Å². The van der Waals surface area contributed by atoms with Crippen LogP contribution in [0, 0.1) is 5.41 Å². The minimum absolute atomic E-state index is 0.0985. The number of carbonyl (C=O) groups is 2. The van der Waals surface area contributed by atoms with Crippen LogP contribution in [0.5, 0.6) is 0 Å². The Bertz CT molecular complexity index is 883. The molecular weight excluding hydrogens is 352 g/mol. The molecule has 0 radical (unpaired) electrons. The Kier molecular flexibility index (Phi) is 6.45. The maximum absolute atomic E-state index is 13.6. The van der Waals surface area contributed by atoms with Gasteiger partial charge in [0.05, 0.1) is 0 Å². The van der Waals surface area contributed by atoms with E-state index in [1.807, 2.05) is 39.8 Å². The summed E-state index contributed by atoms with van der Waals surface area (Å²) < 4.78 is 0. The number of Topliss-reactive ketones (excluding diaryl/α,β-unsaturated/α-hetero) is 2. The molecule has 1 aromatic carbocycles. The molecule has 0 aromatic heterocycles. The average molecular weight is 380 g/mol. The monoisotopic (exact) mass is 380 g/mol. The average Bonchev–Trinajstić information content (AvgIpc) is 2.66. The third-order valence-corrected chi connectivity index (χ3v) is 5.03. The van der Waals surface area contributed by atoms with E-state index in [4.69, 9.17) is 0 Å². The molecule has 0 bridgehead atoms. The Morgan fingerprint density at radius 2 is 1.43 bits per heavy atom. The van der Waals surface area contributed by atoms with Crippen molar-refractivity contribution in [1.82, 2.24) is 0 Å². The van der Waals surface area contributed by atoms with Crippen LogP contribution in [-0.4, -0.2) is 21.8 Å². The Hall–Kier alpha value is -2.88. The van der Waals surface area contributed by atoms with E-state index < -0.39 is 22.7 Å². The number of hydrogen-bond acceptors (Lipinski definition) is 4. The second-order valence-corrected chi connectivity index (χ2v) is 7.77. The highest BCUT2D eigenvalue weighted by atomic mass is 16.3. The molecule has 0 spiro atoms. The first kappa shape index (κ1) is 21.4. The maximum atomic E-state index is 13.6. The van der Waals surface area contributed by atoms with Crippen molar-refractivity contribution in [2.75, 3.05) is 0 Å². The van der Waals surface area contributed by atoms with E-state index in [0.29, 0.717) is 5.56 Å². The largest absolute Gasteiger partial charge is 0.507 e. The normalized spacial score (nSPS) is 18.0. The van der Waals surface area contributed by atoms with Crippen molar-refractivity contribution < 1.29 is 19.8 Å². The maximum Gasteiger partial charge on any atom is 0.184 e. The molecule has 148 valence electrons. The van der Waals surface area contributed by atoms with Gasteiger partial charge in [0.25, 0.3) is 0 Å². The van der Waals surface area contributed by atoms with Gasteiger partial charge in [0, 0.05) is 11.1 Å². The third-order valence-electron chi connectivity index (χ3n) is 5.03. The summed E-state index contributed by atoms with van der Waals surface area (Å²) in [6.45, 7) is 9.13. The van der Waals surface area contributed by atoms with Crippen LogP contribution in [0.2, 0.25) is 0 Å². The Labute approximate surface area is 166 Å². The van der Waals surface area contributed by atoms with E-state index in [-0.39, 0.29) is 29.7 Å². The number of carbonyl (C=O) groups excluding carboxylic acids is 2. The fourth-order valence-corrected chi connectivity index (χ4v) is 3.27. The Balaban J connectivity index is 2.77. The smallest absolute Gasteiger partial charge is 0.184 e. The number of hydrogen-bond donors (Lipinski definition) is 2. The van der Waals surface area contributed by atoms with Gasteiger partial charge in [-0.25, -0.2) is 0 Å². The lowest BCUT2D eigenvalue weighted by atomic mass is 9.65. The topological polar surface area (TPSA) is 74.6 Å². The molecule has 0 saturated carbocycles. The van der Waals surface area contributed by atoms with E-state index in [1.54, 1.807) is 30.3 Å². The summed E-state index contributed by atoms with van der Waals surface area (Å²) in [4.78, 5) is 26.8. The molecule has 28 heavy (non-hydrogen) atoms. The van der Waals surface area contributed by atoms with Gasteiger partial charge in [-0.3, -0.25) is 9.59 Å². The van der Waals surface area contributed by atoms with Crippen molar-refractivity contribution in [2.45, 2.75) is 47.5 Å². The summed E-state index contributed by atoms with van der Waals surface area (Å²) >= 11 is 0. The molecule has 1 aromatic rings. The van der Waals surface area contributed by atoms with E-state index in [0.717, 1.165) is 11.1 Å². The molecule has 0 amide bonds. The quantitative estimate of drug-likeness (QED) is 0.300. The first-order valence-electron chi connectivity index (χ1n) is 9.37. The third kappa shape index (κ3) is 4.01. The van der Waals surface area contributed by atoms with Gasteiger partial charge in [-0.05, 0) is 47.5 Å². The molecule has 2 rings (SSSR count). The van der Waals surface area contributed by atoms with Crippen LogP contribution in [0.3, 0.4) is 0 Å². The summed E-state index contributed by atoms with van der Waals surface area (Å²) in [5, 5.41) is 21.4. The standard InChI is InChI=1S/C24H28O4/c1-15(2)11-13-24(14-12-16(3)4)22(27)17(5)20(25)19(23(24)28)21(26)18-9-7-6-8-10-18/h6-12,25-26H,13-14H2,1-5H3/b21-19+. The van der Waals surface area contributed by atoms with Crippen LogP contribution in [0.25, 0.3) is 5.76 Å². The van der Waals surface area contributed by atoms with E-state index in [2.05, 4.69) is 0 Å². The van der Waals surface area contributed by atoms with Crippen LogP contribution in [0.1, 0.15) is 53.0 Å². The summed E-state index contributed by atoms with van der Waals surface area (Å²) in [6.07, 6.45) is 4.16. The van der Waals surface area contributed by atoms with Crippen molar-refractivity contribution in [3.8, 4) is 0 Å². The van der Waals surface area contributed by atoms with Gasteiger partial charge in [-0.15, -0.1) is 0 Å². The minimum Gasteiger partial charge on any atom is -0.507 e. The molecule has 2 N–H and O–H groups in total. The molecule has 1 aliphatic rings. The zero-order valence-electron chi connectivity index (χ0n) is 17.2. The van der Waals surface area contributed by atoms with E-state index in [9.17, 15) is 19.8 Å². The second kappa shape index (κ2) is 8.42. The number of benzene rings is 1. The number of ketones is 2. The Morgan fingerprint density at radius 3 is 1.89 bits per heavy atom. The molecule has 0 aliphatic heterocycles. The van der Waals surface area contributed by atoms with Gasteiger partial charge >= 0.3 is 0 Å². The van der Waals surface area contributed by atoms with Gasteiger partial charge in [-0.2, -0.15) is 0 Å². The van der Waals surface area contributed by atoms with E-state index in [1.165, 1.54) is 6.92 Å². The summed E-state index contributed by atoms with van der Waals surface area (Å²) in [5.74, 6) is -1.69. The molecule has 0 atom stereocenters. The van der Waals surface area contributed by atoms with Gasteiger partial charge < -0.3 is 10.2 Å². The molecule has 0 unspecified atom stereocenters. The van der Waals surface area contributed by atoms with Crippen molar-refractivity contribution in [3.63, 3.8) is 0 Å². The number of aliphatic hydroxyl groups is 2. The van der Waals surface area contributed by atoms with Crippen LogP contribution in [0.4, 0.5) is 0 Å². The van der Waals surface area contributed by atoms with Gasteiger partial charge in [0.15, 0.2) is 11.6 Å². The van der Waals surface area contributed by atoms with Gasteiger partial charge in [0.2, 0.25) is 0 Å². The first-order chi connectivity index (χ1) is 13.1. The van der Waals surface area contributed by atoms with Gasteiger partial charge in [0.1, 0.15) is 22.5 Å². The molecular formula is C24H28O4. The lowest BCUT2D eigenvalue weighted by Crippen LogP contribution is -2.44. The van der Waals surface area contributed by atoms with Crippen LogP contribution < -0.4 is 0 Å². The zero-order chi connectivity index (χ0) is 21.1. The zero-order valence-corrected chi connectivity index (χ0v) is 17.2. The number of rotatable bonds is 5. The summed E-state index contributed by atoms with van der Waals surface area (Å²) in [7, 11) is 0. The fourth-order valence-electron chi connectivity index (χ4n) is 3.27. The highest BCUT2D eigenvalue weighted by molar-refractivity contribution is 6.26. The lowest BCUT2D eigenvalue weighted by Gasteiger charge is -2.34. The molecule has 4 nitrogen and oxygen atoms in total. The van der Waals surface area contributed by atoms with Crippen molar-refractivity contribution in [3.05, 3.63) is 76.1 Å². The van der Waals surface area contributed by atoms with Crippen LogP contribution in [0.15, 0.2) is 70.5 Å². The second-order valence-electron chi connectivity index (χ2n) is 7.77. The number of allylic oxidation sites excluding steroid dienone is 6. The minimum atomic E-state index is -1.37. The molecule has 0 saturated heterocycles. The summed E-state index contributed by atoms with van der Waals surface area (Å²) in [6, 6.07) is 8.57. The lowest BCUT2D eigenvalue weighted by molar-refractivity contribution is -0.137. The van der Waals surface area contributed by atoms with Crippen molar-refractivity contribution >= 4 is 17.3 Å². The van der Waals surface area contributed by atoms with Crippen molar-refractivity contribution in [2.24, 2.45) is 5.41 Å². The fraction of sp³-hybridized carbons (Fsp3) is 0.333.